The Morgan fingerprint density at radius 3 is 1.58 bits per heavy atom. The molecule has 0 fully saturated rings. The molecule has 2 aromatic carbocycles. The predicted octanol–water partition coefficient (Wildman–Crippen LogP) is 2.55. The third-order valence-electron chi connectivity index (χ3n) is 3.86. The number of aromatic nitrogens is 7. The van der Waals surface area contributed by atoms with Crippen molar-refractivity contribution in [2.24, 2.45) is 0 Å². The van der Waals surface area contributed by atoms with Crippen LogP contribution in [0.15, 0.2) is 66.7 Å². The zero-order valence-electron chi connectivity index (χ0n) is 12.5. The van der Waals surface area contributed by atoms with E-state index < -0.39 is 0 Å². The second-order valence-corrected chi connectivity index (χ2v) is 5.33. The van der Waals surface area contributed by atoms with Gasteiger partial charge in [0.1, 0.15) is 11.0 Å². The highest BCUT2D eigenvalue weighted by molar-refractivity contribution is 5.76. The third-order valence-corrected chi connectivity index (χ3v) is 3.86. The van der Waals surface area contributed by atoms with Crippen molar-refractivity contribution < 1.29 is 0 Å². The van der Waals surface area contributed by atoms with Crippen molar-refractivity contribution in [3.8, 4) is 11.6 Å². The first-order chi connectivity index (χ1) is 11.9. The molecule has 0 amide bonds. The topological polar surface area (TPSA) is 74.3 Å². The highest BCUT2D eigenvalue weighted by Gasteiger charge is 2.10. The predicted molar refractivity (Wildman–Crippen MR) is 89.1 cm³/mol. The van der Waals surface area contributed by atoms with Crippen molar-refractivity contribution in [1.29, 1.82) is 0 Å². The van der Waals surface area contributed by atoms with Gasteiger partial charge in [-0.15, -0.1) is 10.2 Å². The minimum absolute atomic E-state index is 0.681. The molecule has 0 aliphatic carbocycles. The Balaban J connectivity index is 1.69. The maximum atomic E-state index is 4.68. The zero-order valence-corrected chi connectivity index (χ0v) is 12.5. The Morgan fingerprint density at radius 1 is 0.542 bits per heavy atom. The number of rotatable bonds is 2. The Bertz CT molecular complexity index is 1080. The van der Waals surface area contributed by atoms with E-state index in [0.717, 1.165) is 22.1 Å². The SMILES string of the molecule is c1cc(-n2nnc3ccccc32)nc(-n2nnc3ccccc32)c1. The Labute approximate surface area is 136 Å². The second kappa shape index (κ2) is 4.95. The molecule has 7 nitrogen and oxygen atoms in total. The fourth-order valence-electron chi connectivity index (χ4n) is 2.72. The van der Waals surface area contributed by atoms with E-state index in [0.29, 0.717) is 11.6 Å². The van der Waals surface area contributed by atoms with Gasteiger partial charge in [0.05, 0.1) is 11.0 Å². The molecule has 0 spiro atoms. The fraction of sp³-hybridized carbons (Fsp3) is 0. The number of benzene rings is 2. The van der Waals surface area contributed by atoms with Crippen LogP contribution in [-0.2, 0) is 0 Å². The number of fused-ring (bicyclic) bond motifs is 2. The molecule has 5 rings (SSSR count). The van der Waals surface area contributed by atoms with Crippen molar-refractivity contribution in [3.05, 3.63) is 66.7 Å². The summed E-state index contributed by atoms with van der Waals surface area (Å²) in [5.74, 6) is 1.36. The molecular formula is C17H11N7. The fourth-order valence-corrected chi connectivity index (χ4v) is 2.72. The number of nitrogens with zero attached hydrogens (tertiary/aromatic N) is 7. The van der Waals surface area contributed by atoms with Gasteiger partial charge in [0.15, 0.2) is 11.6 Å². The molecule has 3 aromatic heterocycles. The molecule has 0 aliphatic rings. The third kappa shape index (κ3) is 1.88. The van der Waals surface area contributed by atoms with Gasteiger partial charge in [-0.3, -0.25) is 0 Å². The first kappa shape index (κ1) is 12.9. The Hall–Kier alpha value is -3.61. The lowest BCUT2D eigenvalue weighted by molar-refractivity contribution is 0.768. The summed E-state index contributed by atoms with van der Waals surface area (Å²) in [5.41, 5.74) is 3.48. The van der Waals surface area contributed by atoms with E-state index in [4.69, 9.17) is 0 Å². The summed E-state index contributed by atoms with van der Waals surface area (Å²) in [5, 5.41) is 16.8. The number of para-hydroxylation sites is 2. The molecule has 3 heterocycles. The van der Waals surface area contributed by atoms with E-state index in [2.05, 4.69) is 25.6 Å². The summed E-state index contributed by atoms with van der Waals surface area (Å²) in [7, 11) is 0. The van der Waals surface area contributed by atoms with Crippen LogP contribution in [0.2, 0.25) is 0 Å². The van der Waals surface area contributed by atoms with Crippen molar-refractivity contribution in [3.63, 3.8) is 0 Å². The van der Waals surface area contributed by atoms with E-state index in [1.807, 2.05) is 66.7 Å². The van der Waals surface area contributed by atoms with Gasteiger partial charge < -0.3 is 0 Å². The van der Waals surface area contributed by atoms with Gasteiger partial charge in [-0.25, -0.2) is 4.98 Å². The minimum Gasteiger partial charge on any atom is -0.209 e. The maximum Gasteiger partial charge on any atom is 0.158 e. The molecule has 0 saturated heterocycles. The van der Waals surface area contributed by atoms with Crippen LogP contribution in [0.25, 0.3) is 33.7 Å². The zero-order chi connectivity index (χ0) is 15.9. The van der Waals surface area contributed by atoms with Crippen LogP contribution in [0.5, 0.6) is 0 Å². The molecule has 0 bridgehead atoms. The lowest BCUT2D eigenvalue weighted by atomic mass is 10.3. The van der Waals surface area contributed by atoms with Gasteiger partial charge in [0, 0.05) is 0 Å². The molecule has 5 aromatic rings. The number of hydrogen-bond acceptors (Lipinski definition) is 5. The molecule has 114 valence electrons. The quantitative estimate of drug-likeness (QED) is 0.501. The summed E-state index contributed by atoms with van der Waals surface area (Å²) in [6, 6.07) is 21.3. The normalized spacial score (nSPS) is 11.3. The highest BCUT2D eigenvalue weighted by atomic mass is 15.5. The number of pyridine rings is 1. The summed E-state index contributed by atoms with van der Waals surface area (Å²) in [4.78, 5) is 4.68. The van der Waals surface area contributed by atoms with Crippen LogP contribution in [0, 0.1) is 0 Å². The van der Waals surface area contributed by atoms with Gasteiger partial charge in [0.25, 0.3) is 0 Å². The van der Waals surface area contributed by atoms with Crippen LogP contribution >= 0.6 is 0 Å². The largest absolute Gasteiger partial charge is 0.209 e. The standard InChI is InChI=1S/C17H11N7/c1-3-8-14-12(6-1)19-21-23(14)16-10-5-11-17(18-16)24-15-9-4-2-7-13(15)20-22-24/h1-11H. The van der Waals surface area contributed by atoms with Crippen LogP contribution in [0.3, 0.4) is 0 Å². The van der Waals surface area contributed by atoms with Gasteiger partial charge in [-0.2, -0.15) is 9.36 Å². The molecule has 0 saturated carbocycles. The highest BCUT2D eigenvalue weighted by Crippen LogP contribution is 2.18. The average molecular weight is 313 g/mol. The molecule has 0 N–H and O–H groups in total. The van der Waals surface area contributed by atoms with E-state index in [1.54, 1.807) is 9.36 Å². The smallest absolute Gasteiger partial charge is 0.158 e. The lowest BCUT2D eigenvalue weighted by Crippen LogP contribution is -2.05. The first-order valence-electron chi connectivity index (χ1n) is 7.49. The van der Waals surface area contributed by atoms with E-state index in [-0.39, 0.29) is 0 Å². The van der Waals surface area contributed by atoms with Gasteiger partial charge in [-0.1, -0.05) is 40.8 Å². The van der Waals surface area contributed by atoms with Gasteiger partial charge >= 0.3 is 0 Å². The monoisotopic (exact) mass is 313 g/mol. The van der Waals surface area contributed by atoms with Gasteiger partial charge in [0.2, 0.25) is 0 Å². The summed E-state index contributed by atoms with van der Waals surface area (Å²) in [6.07, 6.45) is 0. The Kier molecular flexibility index (Phi) is 2.66. The molecule has 0 radical (unpaired) electrons. The second-order valence-electron chi connectivity index (χ2n) is 5.33. The first-order valence-corrected chi connectivity index (χ1v) is 7.49. The van der Waals surface area contributed by atoms with Crippen LogP contribution < -0.4 is 0 Å². The molecule has 7 heteroatoms. The summed E-state index contributed by atoms with van der Waals surface area (Å²) in [6.45, 7) is 0. The number of hydrogen-bond donors (Lipinski definition) is 0. The van der Waals surface area contributed by atoms with Gasteiger partial charge in [-0.05, 0) is 36.4 Å². The minimum atomic E-state index is 0.681. The molecule has 0 aliphatic heterocycles. The lowest BCUT2D eigenvalue weighted by Gasteiger charge is -2.05. The molecular weight excluding hydrogens is 302 g/mol. The maximum absolute atomic E-state index is 4.68. The van der Waals surface area contributed by atoms with Crippen LogP contribution in [0.1, 0.15) is 0 Å². The summed E-state index contributed by atoms with van der Waals surface area (Å²) >= 11 is 0. The summed E-state index contributed by atoms with van der Waals surface area (Å²) < 4.78 is 3.44. The van der Waals surface area contributed by atoms with E-state index in [1.165, 1.54) is 0 Å². The Morgan fingerprint density at radius 2 is 1.04 bits per heavy atom. The van der Waals surface area contributed by atoms with Crippen molar-refractivity contribution in [1.82, 2.24) is 35.0 Å². The molecule has 24 heavy (non-hydrogen) atoms. The van der Waals surface area contributed by atoms with Crippen molar-refractivity contribution in [2.45, 2.75) is 0 Å². The molecule has 0 atom stereocenters. The van der Waals surface area contributed by atoms with Crippen LogP contribution in [-0.4, -0.2) is 35.0 Å². The van der Waals surface area contributed by atoms with Crippen molar-refractivity contribution >= 4 is 22.1 Å². The molecule has 0 unspecified atom stereocenters. The van der Waals surface area contributed by atoms with Crippen molar-refractivity contribution in [2.75, 3.05) is 0 Å². The average Bonchev–Trinajstić information content (AvgIpc) is 3.26. The van der Waals surface area contributed by atoms with Crippen LogP contribution in [0.4, 0.5) is 0 Å². The van der Waals surface area contributed by atoms with E-state index in [9.17, 15) is 0 Å². The van der Waals surface area contributed by atoms with E-state index >= 15 is 0 Å².